The molecule has 1 fully saturated rings. The van der Waals surface area contributed by atoms with Crippen LogP contribution in [0.2, 0.25) is 0 Å². The molecule has 0 radical (unpaired) electrons. The number of rotatable bonds is 6. The van der Waals surface area contributed by atoms with Gasteiger partial charge in [0.2, 0.25) is 5.91 Å². The maximum atomic E-state index is 13.2. The second-order valence-corrected chi connectivity index (χ2v) is 7.43. The van der Waals surface area contributed by atoms with E-state index in [0.29, 0.717) is 32.5 Å². The van der Waals surface area contributed by atoms with Crippen molar-refractivity contribution in [3.63, 3.8) is 0 Å². The molecule has 1 heterocycles. The molecular formula is C23H25F3N2O3. The molecule has 5 nitrogen and oxygen atoms in total. The van der Waals surface area contributed by atoms with E-state index >= 15 is 0 Å². The van der Waals surface area contributed by atoms with Gasteiger partial charge in [-0.25, -0.2) is 0 Å². The molecule has 2 aromatic carbocycles. The number of nitrogens with zero attached hydrogens (tertiary/aromatic N) is 1. The Balaban J connectivity index is 1.52. The van der Waals surface area contributed by atoms with E-state index in [1.165, 1.54) is 23.1 Å². The van der Waals surface area contributed by atoms with Gasteiger partial charge in [0, 0.05) is 19.1 Å². The number of hydrogen-bond donors (Lipinski definition) is 1. The average Bonchev–Trinajstić information content (AvgIpc) is 2.75. The quantitative estimate of drug-likeness (QED) is 0.746. The van der Waals surface area contributed by atoms with Gasteiger partial charge in [-0.15, -0.1) is 0 Å². The summed E-state index contributed by atoms with van der Waals surface area (Å²) in [7, 11) is 0. The van der Waals surface area contributed by atoms with E-state index < -0.39 is 17.6 Å². The van der Waals surface area contributed by atoms with Crippen molar-refractivity contribution < 1.29 is 27.5 Å². The monoisotopic (exact) mass is 434 g/mol. The maximum absolute atomic E-state index is 13.2. The zero-order valence-electron chi connectivity index (χ0n) is 17.2. The summed E-state index contributed by atoms with van der Waals surface area (Å²) in [5, 5.41) is 2.95. The Morgan fingerprint density at radius 3 is 2.32 bits per heavy atom. The molecule has 1 N–H and O–H groups in total. The third-order valence-electron chi connectivity index (χ3n) is 5.21. The van der Waals surface area contributed by atoms with Gasteiger partial charge in [-0.2, -0.15) is 13.2 Å². The maximum Gasteiger partial charge on any atom is 0.417 e. The van der Waals surface area contributed by atoms with Gasteiger partial charge in [0.25, 0.3) is 5.91 Å². The topological polar surface area (TPSA) is 58.6 Å². The molecule has 0 atom stereocenters. The summed E-state index contributed by atoms with van der Waals surface area (Å²) < 4.78 is 45.0. The largest absolute Gasteiger partial charge is 0.494 e. The minimum absolute atomic E-state index is 0.114. The Labute approximate surface area is 179 Å². The normalized spacial score (nSPS) is 14.9. The smallest absolute Gasteiger partial charge is 0.417 e. The minimum Gasteiger partial charge on any atom is -0.494 e. The fourth-order valence-electron chi connectivity index (χ4n) is 3.65. The zero-order chi connectivity index (χ0) is 22.4. The summed E-state index contributed by atoms with van der Waals surface area (Å²) in [5.74, 6) is -0.0146. The fraction of sp³-hybridized carbons (Fsp3) is 0.391. The molecule has 0 bridgehead atoms. The van der Waals surface area contributed by atoms with Gasteiger partial charge in [-0.1, -0.05) is 24.3 Å². The number of carbonyl (C=O) groups is 2. The zero-order valence-corrected chi connectivity index (χ0v) is 17.2. The molecule has 0 unspecified atom stereocenters. The van der Waals surface area contributed by atoms with E-state index in [1.54, 1.807) is 0 Å². The van der Waals surface area contributed by atoms with Crippen molar-refractivity contribution in [3.8, 4) is 5.75 Å². The van der Waals surface area contributed by atoms with E-state index in [-0.39, 0.29) is 23.9 Å². The van der Waals surface area contributed by atoms with E-state index in [9.17, 15) is 22.8 Å². The van der Waals surface area contributed by atoms with Crippen LogP contribution in [-0.4, -0.2) is 42.5 Å². The molecular weight excluding hydrogens is 409 g/mol. The van der Waals surface area contributed by atoms with Crippen LogP contribution in [0.5, 0.6) is 5.75 Å². The van der Waals surface area contributed by atoms with Crippen LogP contribution in [0.15, 0.2) is 48.5 Å². The summed E-state index contributed by atoms with van der Waals surface area (Å²) >= 11 is 0. The number of benzene rings is 2. The van der Waals surface area contributed by atoms with Crippen molar-refractivity contribution in [3.05, 3.63) is 65.2 Å². The molecule has 0 aromatic heterocycles. The van der Waals surface area contributed by atoms with Crippen molar-refractivity contribution in [2.75, 3.05) is 19.7 Å². The van der Waals surface area contributed by atoms with Gasteiger partial charge < -0.3 is 15.0 Å². The molecule has 31 heavy (non-hydrogen) atoms. The van der Waals surface area contributed by atoms with Crippen LogP contribution < -0.4 is 10.1 Å². The molecule has 2 amide bonds. The first kappa shape index (κ1) is 22.7. The number of piperidine rings is 1. The van der Waals surface area contributed by atoms with E-state index in [2.05, 4.69) is 5.32 Å². The summed E-state index contributed by atoms with van der Waals surface area (Å²) in [6.45, 7) is 3.05. The fourth-order valence-corrected chi connectivity index (χ4v) is 3.65. The Morgan fingerprint density at radius 2 is 1.71 bits per heavy atom. The highest BCUT2D eigenvalue weighted by Crippen LogP contribution is 2.32. The van der Waals surface area contributed by atoms with Crippen molar-refractivity contribution in [2.24, 2.45) is 0 Å². The number of ether oxygens (including phenoxy) is 1. The number of nitrogens with one attached hydrogen (secondary N) is 1. The molecule has 2 aromatic rings. The third kappa shape index (κ3) is 5.99. The van der Waals surface area contributed by atoms with Crippen LogP contribution in [0.25, 0.3) is 0 Å². The molecule has 1 saturated heterocycles. The van der Waals surface area contributed by atoms with Gasteiger partial charge in [0.15, 0.2) is 0 Å². The molecule has 166 valence electrons. The highest BCUT2D eigenvalue weighted by Gasteiger charge is 2.36. The second-order valence-electron chi connectivity index (χ2n) is 7.43. The lowest BCUT2D eigenvalue weighted by Crippen LogP contribution is -2.47. The van der Waals surface area contributed by atoms with Gasteiger partial charge in [0.1, 0.15) is 5.75 Å². The SMILES string of the molecule is CCOc1ccc(CC(=O)NC2CCN(C(=O)c3ccccc3C(F)(F)F)CC2)cc1. The van der Waals surface area contributed by atoms with Gasteiger partial charge in [0.05, 0.1) is 24.2 Å². The van der Waals surface area contributed by atoms with E-state index in [1.807, 2.05) is 31.2 Å². The van der Waals surface area contributed by atoms with Crippen LogP contribution in [0.3, 0.4) is 0 Å². The third-order valence-corrected chi connectivity index (χ3v) is 5.21. The lowest BCUT2D eigenvalue weighted by molar-refractivity contribution is -0.138. The van der Waals surface area contributed by atoms with Crippen molar-refractivity contribution in [1.29, 1.82) is 0 Å². The Kier molecular flexibility index (Phi) is 7.20. The highest BCUT2D eigenvalue weighted by atomic mass is 19.4. The van der Waals surface area contributed by atoms with E-state index in [4.69, 9.17) is 4.74 Å². The van der Waals surface area contributed by atoms with Crippen LogP contribution in [0, 0.1) is 0 Å². The predicted octanol–water partition coefficient (Wildman–Crippen LogP) is 4.07. The number of hydrogen-bond acceptors (Lipinski definition) is 3. The summed E-state index contributed by atoms with van der Waals surface area (Å²) in [6.07, 6.45) is -3.37. The molecule has 0 saturated carbocycles. The first-order valence-corrected chi connectivity index (χ1v) is 10.2. The molecule has 3 rings (SSSR count). The Bertz CT molecular complexity index is 905. The summed E-state index contributed by atoms with van der Waals surface area (Å²) in [4.78, 5) is 26.4. The summed E-state index contributed by atoms with van der Waals surface area (Å²) in [5.41, 5.74) is -0.406. The Hall–Kier alpha value is -3.03. The van der Waals surface area contributed by atoms with Gasteiger partial charge >= 0.3 is 6.18 Å². The molecule has 8 heteroatoms. The van der Waals surface area contributed by atoms with E-state index in [0.717, 1.165) is 17.4 Å². The summed E-state index contributed by atoms with van der Waals surface area (Å²) in [6, 6.07) is 12.0. The number of amides is 2. The van der Waals surface area contributed by atoms with Gasteiger partial charge in [-0.05, 0) is 49.6 Å². The van der Waals surface area contributed by atoms with Crippen LogP contribution >= 0.6 is 0 Å². The standard InChI is InChI=1S/C23H25F3N2O3/c1-2-31-18-9-7-16(8-10-18)15-21(29)27-17-11-13-28(14-12-17)22(30)19-5-3-4-6-20(19)23(24,25)26/h3-10,17H,2,11-15H2,1H3,(H,27,29). The van der Waals surface area contributed by atoms with Gasteiger partial charge in [-0.3, -0.25) is 9.59 Å². The van der Waals surface area contributed by atoms with Crippen molar-refractivity contribution in [1.82, 2.24) is 10.2 Å². The molecule has 1 aliphatic heterocycles. The molecule has 1 aliphatic rings. The van der Waals surface area contributed by atoms with Crippen molar-refractivity contribution >= 4 is 11.8 Å². The lowest BCUT2D eigenvalue weighted by Gasteiger charge is -2.33. The molecule has 0 spiro atoms. The average molecular weight is 434 g/mol. The number of carbonyl (C=O) groups excluding carboxylic acids is 2. The van der Waals surface area contributed by atoms with Crippen LogP contribution in [0.1, 0.15) is 41.3 Å². The molecule has 0 aliphatic carbocycles. The van der Waals surface area contributed by atoms with Crippen LogP contribution in [-0.2, 0) is 17.4 Å². The second kappa shape index (κ2) is 9.85. The first-order valence-electron chi connectivity index (χ1n) is 10.2. The van der Waals surface area contributed by atoms with Crippen LogP contribution in [0.4, 0.5) is 13.2 Å². The van der Waals surface area contributed by atoms with Crippen molar-refractivity contribution in [2.45, 2.75) is 38.4 Å². The highest BCUT2D eigenvalue weighted by molar-refractivity contribution is 5.96. The number of halogens is 3. The minimum atomic E-state index is -4.58. The predicted molar refractivity (Wildman–Crippen MR) is 110 cm³/mol. The number of alkyl halides is 3. The Morgan fingerprint density at radius 1 is 1.06 bits per heavy atom. The first-order chi connectivity index (χ1) is 14.8. The lowest BCUT2D eigenvalue weighted by atomic mass is 10.0. The number of likely N-dealkylation sites (tertiary alicyclic amines) is 1.